The van der Waals surface area contributed by atoms with Gasteiger partial charge in [-0.2, -0.15) is 5.26 Å². The summed E-state index contributed by atoms with van der Waals surface area (Å²) in [5.41, 5.74) is 0. The predicted molar refractivity (Wildman–Crippen MR) is 112 cm³/mol. The molecule has 4 atom stereocenters. The van der Waals surface area contributed by atoms with E-state index in [2.05, 4.69) is 38.4 Å². The van der Waals surface area contributed by atoms with Gasteiger partial charge < -0.3 is 18.3 Å². The molecule has 0 aromatic carbocycles. The number of rotatable bonds is 10. The minimum atomic E-state index is -2.31. The molecular formula is C18H33BN2O4P2. The van der Waals surface area contributed by atoms with Gasteiger partial charge in [0.25, 0.3) is 8.53 Å². The molecule has 1 saturated heterocycles. The summed E-state index contributed by atoms with van der Waals surface area (Å²) in [6.45, 7) is 12.1. The number of nitriles is 1. The van der Waals surface area contributed by atoms with E-state index in [-0.39, 0.29) is 30.3 Å². The molecule has 0 saturated carbocycles. The van der Waals surface area contributed by atoms with Crippen molar-refractivity contribution in [1.29, 1.82) is 5.26 Å². The van der Waals surface area contributed by atoms with Crippen LogP contribution in [0.3, 0.4) is 0 Å². The van der Waals surface area contributed by atoms with Gasteiger partial charge in [-0.15, -0.1) is 0 Å². The Hall–Kier alpha value is -0.205. The third-order valence-corrected chi connectivity index (χ3v) is 7.00. The Labute approximate surface area is 167 Å². The third-order valence-electron chi connectivity index (χ3n) is 3.96. The van der Waals surface area contributed by atoms with Crippen LogP contribution in [0, 0.1) is 11.3 Å². The molecule has 6 nitrogen and oxygen atoms in total. The lowest BCUT2D eigenvalue weighted by Gasteiger charge is -2.40. The Morgan fingerprint density at radius 2 is 1.96 bits per heavy atom. The second-order valence-corrected chi connectivity index (χ2v) is 12.3. The lowest BCUT2D eigenvalue weighted by atomic mass is 9.89. The molecule has 0 aromatic rings. The minimum Gasteiger partial charge on any atom is -0.378 e. The molecule has 1 fully saturated rings. The van der Waals surface area contributed by atoms with Crippen LogP contribution in [0.2, 0.25) is 0 Å². The molecule has 27 heavy (non-hydrogen) atoms. The topological polar surface area (TPSA) is 71.8 Å². The predicted octanol–water partition coefficient (Wildman–Crippen LogP) is 4.46. The minimum absolute atomic E-state index is 0.227. The summed E-state index contributed by atoms with van der Waals surface area (Å²) >= 11 is 0. The molecule has 1 aliphatic heterocycles. The summed E-state index contributed by atoms with van der Waals surface area (Å²) in [4.78, 5) is 0. The van der Waals surface area contributed by atoms with Crippen LogP contribution in [0.1, 0.15) is 47.0 Å². The number of hydrogen-bond acceptors (Lipinski definition) is 6. The molecule has 1 aliphatic rings. The Kier molecular flexibility index (Phi) is 10.8. The van der Waals surface area contributed by atoms with E-state index in [0.29, 0.717) is 19.4 Å². The highest BCUT2D eigenvalue weighted by molar-refractivity contribution is 7.65. The highest BCUT2D eigenvalue weighted by Gasteiger charge is 2.35. The summed E-state index contributed by atoms with van der Waals surface area (Å²) in [6, 6.07) is 2.20. The van der Waals surface area contributed by atoms with Crippen molar-refractivity contribution in [2.45, 2.75) is 77.3 Å². The van der Waals surface area contributed by atoms with Crippen LogP contribution in [0.15, 0.2) is 11.9 Å². The van der Waals surface area contributed by atoms with Crippen molar-refractivity contribution >= 4 is 23.5 Å². The fourth-order valence-electron chi connectivity index (χ4n) is 2.83. The summed E-state index contributed by atoms with van der Waals surface area (Å²) in [6.07, 6.45) is 2.95. The Balaban J connectivity index is 2.98. The first-order valence-corrected chi connectivity index (χ1v) is 13.2. The first kappa shape index (κ1) is 24.8. The monoisotopic (exact) mass is 414 g/mol. The van der Waals surface area contributed by atoms with Crippen molar-refractivity contribution < 1.29 is 18.3 Å². The van der Waals surface area contributed by atoms with Crippen molar-refractivity contribution in [3.05, 3.63) is 11.9 Å². The highest BCUT2D eigenvalue weighted by atomic mass is 31.2. The van der Waals surface area contributed by atoms with Gasteiger partial charge in [0.15, 0.2) is 0 Å². The van der Waals surface area contributed by atoms with Crippen LogP contribution in [-0.2, 0) is 18.3 Å². The van der Waals surface area contributed by atoms with E-state index < -0.39 is 15.7 Å². The first-order chi connectivity index (χ1) is 12.5. The lowest BCUT2D eigenvalue weighted by molar-refractivity contribution is -0.0588. The SMILES string of the molecule is [B]C1CCC(OP(OCCC#N)N(C(C)C)C(C)C)C(/C=C/P(C)(C)=O)O1. The Morgan fingerprint density at radius 1 is 1.33 bits per heavy atom. The third kappa shape index (κ3) is 9.22. The van der Waals surface area contributed by atoms with Gasteiger partial charge in [-0.1, -0.05) is 0 Å². The maximum atomic E-state index is 12.1. The number of ether oxygens (including phenoxy) is 1. The highest BCUT2D eigenvalue weighted by Crippen LogP contribution is 2.49. The molecule has 2 radical (unpaired) electrons. The van der Waals surface area contributed by atoms with E-state index in [0.717, 1.165) is 6.42 Å². The van der Waals surface area contributed by atoms with Crippen molar-refractivity contribution in [2.24, 2.45) is 0 Å². The molecule has 9 heteroatoms. The molecule has 0 spiro atoms. The van der Waals surface area contributed by atoms with Gasteiger partial charge in [0.1, 0.15) is 21.1 Å². The fourth-order valence-corrected chi connectivity index (χ4v) is 5.18. The van der Waals surface area contributed by atoms with E-state index in [9.17, 15) is 4.57 Å². The van der Waals surface area contributed by atoms with Gasteiger partial charge >= 0.3 is 0 Å². The fraction of sp³-hybridized carbons (Fsp3) is 0.833. The van der Waals surface area contributed by atoms with Crippen LogP contribution in [0.25, 0.3) is 0 Å². The lowest BCUT2D eigenvalue weighted by Crippen LogP contribution is -2.41. The van der Waals surface area contributed by atoms with Crippen LogP contribution < -0.4 is 0 Å². The van der Waals surface area contributed by atoms with Gasteiger partial charge in [0.2, 0.25) is 0 Å². The molecule has 0 aromatic heterocycles. The standard InChI is InChI=1S/C18H33BN2O4P2/c1-14(2)21(15(3)4)26(23-12-7-11-20)25-17-8-9-18(19)24-16(17)10-13-27(5,6)22/h10,13-18H,7-9,12H2,1-6H3/b13-10+. The zero-order valence-corrected chi connectivity index (χ0v) is 19.2. The maximum absolute atomic E-state index is 12.1. The van der Waals surface area contributed by atoms with Crippen LogP contribution in [0.5, 0.6) is 0 Å². The van der Waals surface area contributed by atoms with Crippen molar-refractivity contribution in [2.75, 3.05) is 19.9 Å². The van der Waals surface area contributed by atoms with E-state index >= 15 is 0 Å². The molecule has 4 unspecified atom stereocenters. The second kappa shape index (κ2) is 11.7. The molecule has 0 amide bonds. The molecular weight excluding hydrogens is 381 g/mol. The zero-order valence-electron chi connectivity index (χ0n) is 17.4. The Bertz CT molecular complexity index is 554. The van der Waals surface area contributed by atoms with Crippen LogP contribution in [-0.4, -0.2) is 62.7 Å². The first-order valence-electron chi connectivity index (χ1n) is 9.45. The van der Waals surface area contributed by atoms with E-state index in [4.69, 9.17) is 26.9 Å². The zero-order chi connectivity index (χ0) is 20.6. The molecule has 1 rings (SSSR count). The average Bonchev–Trinajstić information content (AvgIpc) is 2.53. The average molecular weight is 414 g/mol. The molecule has 0 N–H and O–H groups in total. The second-order valence-electron chi connectivity index (χ2n) is 7.68. The van der Waals surface area contributed by atoms with Crippen molar-refractivity contribution in [3.8, 4) is 6.07 Å². The summed E-state index contributed by atoms with van der Waals surface area (Å²) < 4.78 is 32.4. The van der Waals surface area contributed by atoms with Gasteiger partial charge in [0.05, 0.1) is 25.2 Å². The van der Waals surface area contributed by atoms with Gasteiger partial charge in [0, 0.05) is 18.1 Å². The number of nitrogens with zero attached hydrogens (tertiary/aromatic N) is 2. The van der Waals surface area contributed by atoms with E-state index in [1.165, 1.54) is 0 Å². The van der Waals surface area contributed by atoms with Crippen LogP contribution in [0.4, 0.5) is 0 Å². The molecule has 1 heterocycles. The molecule has 0 aliphatic carbocycles. The van der Waals surface area contributed by atoms with Crippen molar-refractivity contribution in [1.82, 2.24) is 4.67 Å². The number of hydrogen-bond donors (Lipinski definition) is 0. The molecule has 152 valence electrons. The summed E-state index contributed by atoms with van der Waals surface area (Å²) in [5, 5.41) is 8.83. The normalized spacial score (nSPS) is 25.4. The maximum Gasteiger partial charge on any atom is 0.259 e. The quantitative estimate of drug-likeness (QED) is 0.299. The van der Waals surface area contributed by atoms with Crippen molar-refractivity contribution in [3.63, 3.8) is 0 Å². The van der Waals surface area contributed by atoms with Gasteiger partial charge in [-0.25, -0.2) is 4.67 Å². The summed E-state index contributed by atoms with van der Waals surface area (Å²) in [5.74, 6) is 1.70. The van der Waals surface area contributed by atoms with Gasteiger partial charge in [-0.3, -0.25) is 0 Å². The summed E-state index contributed by atoms with van der Waals surface area (Å²) in [7, 11) is 2.29. The smallest absolute Gasteiger partial charge is 0.259 e. The molecule has 0 bridgehead atoms. The van der Waals surface area contributed by atoms with E-state index in [1.54, 1.807) is 19.1 Å². The van der Waals surface area contributed by atoms with E-state index in [1.807, 2.05) is 6.08 Å². The Morgan fingerprint density at radius 3 is 2.48 bits per heavy atom. The van der Waals surface area contributed by atoms with Crippen LogP contribution >= 0.6 is 15.7 Å². The van der Waals surface area contributed by atoms with Gasteiger partial charge in [-0.05, 0) is 65.8 Å². The largest absolute Gasteiger partial charge is 0.378 e.